The average molecular weight is 187 g/mol. The lowest BCUT2D eigenvalue weighted by molar-refractivity contribution is 0.203. The highest BCUT2D eigenvalue weighted by Gasteiger charge is 2.13. The third-order valence-corrected chi connectivity index (χ3v) is 1.56. The Balaban J connectivity index is 3.12. The van der Waals surface area contributed by atoms with Crippen LogP contribution in [-0.4, -0.2) is 18.2 Å². The van der Waals surface area contributed by atoms with Crippen LogP contribution >= 0.6 is 0 Å². The molecule has 1 rings (SSSR count). The topological polar surface area (TPSA) is 40.5 Å². The van der Waals surface area contributed by atoms with Crippen molar-refractivity contribution in [2.75, 3.05) is 11.9 Å². The lowest BCUT2D eigenvalue weighted by Crippen LogP contribution is -2.24. The second-order valence-electron chi connectivity index (χ2n) is 2.44. The lowest BCUT2D eigenvalue weighted by atomic mass is 10.3. The third kappa shape index (κ3) is 1.93. The van der Waals surface area contributed by atoms with E-state index in [0.717, 1.165) is 25.2 Å². The molecule has 0 saturated heterocycles. The molecule has 0 aliphatic carbocycles. The van der Waals surface area contributed by atoms with Gasteiger partial charge in [0.15, 0.2) is 0 Å². The zero-order chi connectivity index (χ0) is 10.0. The quantitative estimate of drug-likeness (QED) is 0.731. The summed E-state index contributed by atoms with van der Waals surface area (Å²) in [6.07, 6.45) is -1.34. The average Bonchev–Trinajstić information content (AvgIpc) is 2.08. The van der Waals surface area contributed by atoms with Crippen LogP contribution in [-0.2, 0) is 0 Å². The maximum Gasteiger partial charge on any atom is 0.411 e. The Labute approximate surface area is 73.2 Å². The monoisotopic (exact) mass is 187 g/mol. The molecule has 0 aliphatic heterocycles. The van der Waals surface area contributed by atoms with Crippen LogP contribution in [0.3, 0.4) is 0 Å². The van der Waals surface area contributed by atoms with E-state index in [0.29, 0.717) is 4.90 Å². The molecule has 0 aliphatic rings. The van der Waals surface area contributed by atoms with Crippen molar-refractivity contribution < 1.29 is 18.7 Å². The van der Waals surface area contributed by atoms with Gasteiger partial charge in [0.2, 0.25) is 0 Å². The molecular weight excluding hydrogens is 180 g/mol. The SMILES string of the molecule is CN(C(=O)O)c1cc(F)ccc1F. The predicted octanol–water partition coefficient (Wildman–Crippen LogP) is 2.08. The molecule has 0 radical (unpaired) electrons. The molecule has 1 amide bonds. The Morgan fingerprint density at radius 3 is 2.62 bits per heavy atom. The molecule has 1 aromatic carbocycles. The number of carboxylic acid groups (broad SMARTS) is 1. The van der Waals surface area contributed by atoms with E-state index in [1.54, 1.807) is 0 Å². The first-order valence-corrected chi connectivity index (χ1v) is 3.44. The van der Waals surface area contributed by atoms with Gasteiger partial charge in [-0.05, 0) is 12.1 Å². The lowest BCUT2D eigenvalue weighted by Gasteiger charge is -2.13. The number of nitrogens with zero attached hydrogens (tertiary/aromatic N) is 1. The largest absolute Gasteiger partial charge is 0.465 e. The molecule has 13 heavy (non-hydrogen) atoms. The van der Waals surface area contributed by atoms with Gasteiger partial charge in [-0.3, -0.25) is 4.90 Å². The molecule has 0 spiro atoms. The molecule has 0 atom stereocenters. The van der Waals surface area contributed by atoms with Crippen LogP contribution in [0.4, 0.5) is 19.3 Å². The molecule has 5 heteroatoms. The number of carbonyl (C=O) groups is 1. The first kappa shape index (κ1) is 9.44. The summed E-state index contributed by atoms with van der Waals surface area (Å²) < 4.78 is 25.5. The van der Waals surface area contributed by atoms with E-state index >= 15 is 0 Å². The van der Waals surface area contributed by atoms with Crippen LogP contribution in [0, 0.1) is 11.6 Å². The maximum atomic E-state index is 12.9. The van der Waals surface area contributed by atoms with Crippen LogP contribution < -0.4 is 4.90 Å². The molecule has 0 unspecified atom stereocenters. The van der Waals surface area contributed by atoms with E-state index in [9.17, 15) is 13.6 Å². The minimum atomic E-state index is -1.34. The Morgan fingerprint density at radius 2 is 2.08 bits per heavy atom. The summed E-state index contributed by atoms with van der Waals surface area (Å²) in [5.74, 6) is -1.45. The normalized spacial score (nSPS) is 9.77. The molecule has 0 bridgehead atoms. The van der Waals surface area contributed by atoms with Gasteiger partial charge in [-0.2, -0.15) is 0 Å². The first-order valence-electron chi connectivity index (χ1n) is 3.44. The molecule has 0 aromatic heterocycles. The van der Waals surface area contributed by atoms with Gasteiger partial charge in [-0.25, -0.2) is 13.6 Å². The highest BCUT2D eigenvalue weighted by molar-refractivity contribution is 5.85. The molecule has 0 fully saturated rings. The number of halogens is 2. The highest BCUT2D eigenvalue weighted by atomic mass is 19.1. The van der Waals surface area contributed by atoms with Gasteiger partial charge < -0.3 is 5.11 Å². The van der Waals surface area contributed by atoms with Gasteiger partial charge in [0.05, 0.1) is 5.69 Å². The van der Waals surface area contributed by atoms with Gasteiger partial charge in [0, 0.05) is 13.1 Å². The van der Waals surface area contributed by atoms with Crippen molar-refractivity contribution in [1.82, 2.24) is 0 Å². The number of hydrogen-bond donors (Lipinski definition) is 1. The molecule has 70 valence electrons. The molecule has 1 N–H and O–H groups in total. The maximum absolute atomic E-state index is 12.9. The first-order chi connectivity index (χ1) is 6.02. The van der Waals surface area contributed by atoms with Crippen molar-refractivity contribution in [1.29, 1.82) is 0 Å². The number of hydrogen-bond acceptors (Lipinski definition) is 1. The number of benzene rings is 1. The molecular formula is C8H7F2NO2. The van der Waals surface area contributed by atoms with Crippen LogP contribution in [0.1, 0.15) is 0 Å². The standard InChI is InChI=1S/C8H7F2NO2/c1-11(8(12)13)7-4-5(9)2-3-6(7)10/h2-4H,1H3,(H,12,13). The summed E-state index contributed by atoms with van der Waals surface area (Å²) in [6.45, 7) is 0. The van der Waals surface area contributed by atoms with Crippen molar-refractivity contribution >= 4 is 11.8 Å². The summed E-state index contributed by atoms with van der Waals surface area (Å²) >= 11 is 0. The molecule has 0 saturated carbocycles. The van der Waals surface area contributed by atoms with Crippen molar-refractivity contribution in [3.63, 3.8) is 0 Å². The summed E-state index contributed by atoms with van der Waals surface area (Å²) in [7, 11) is 1.14. The number of amides is 1. The number of anilines is 1. The van der Waals surface area contributed by atoms with Crippen LogP contribution in [0.2, 0.25) is 0 Å². The number of rotatable bonds is 1. The highest BCUT2D eigenvalue weighted by Crippen LogP contribution is 2.18. The van der Waals surface area contributed by atoms with E-state index in [4.69, 9.17) is 5.11 Å². The summed E-state index contributed by atoms with van der Waals surface area (Å²) in [4.78, 5) is 11.0. The van der Waals surface area contributed by atoms with E-state index in [1.807, 2.05) is 0 Å². The fourth-order valence-electron chi connectivity index (χ4n) is 0.846. The summed E-state index contributed by atoms with van der Waals surface area (Å²) in [5, 5.41) is 8.49. The second kappa shape index (κ2) is 3.38. The van der Waals surface area contributed by atoms with Crippen molar-refractivity contribution in [2.45, 2.75) is 0 Å². The van der Waals surface area contributed by atoms with E-state index in [-0.39, 0.29) is 5.69 Å². The fraction of sp³-hybridized carbons (Fsp3) is 0.125. The Kier molecular flexibility index (Phi) is 2.46. The van der Waals surface area contributed by atoms with Gasteiger partial charge in [0.1, 0.15) is 11.6 Å². The summed E-state index contributed by atoms with van der Waals surface area (Å²) in [5.41, 5.74) is -0.299. The van der Waals surface area contributed by atoms with Crippen molar-refractivity contribution in [2.24, 2.45) is 0 Å². The zero-order valence-electron chi connectivity index (χ0n) is 6.79. The van der Waals surface area contributed by atoms with Crippen molar-refractivity contribution in [3.05, 3.63) is 29.8 Å². The third-order valence-electron chi connectivity index (χ3n) is 1.56. The van der Waals surface area contributed by atoms with E-state index in [1.165, 1.54) is 0 Å². The Bertz CT molecular complexity index is 341. The fourth-order valence-corrected chi connectivity index (χ4v) is 0.846. The zero-order valence-corrected chi connectivity index (χ0v) is 6.79. The molecule has 1 aromatic rings. The van der Waals surface area contributed by atoms with E-state index in [2.05, 4.69) is 0 Å². The minimum absolute atomic E-state index is 0.299. The van der Waals surface area contributed by atoms with Crippen LogP contribution in [0.25, 0.3) is 0 Å². The van der Waals surface area contributed by atoms with Gasteiger partial charge in [-0.1, -0.05) is 0 Å². The summed E-state index contributed by atoms with van der Waals surface area (Å²) in [6, 6.07) is 2.63. The Morgan fingerprint density at radius 1 is 1.46 bits per heavy atom. The molecule has 3 nitrogen and oxygen atoms in total. The van der Waals surface area contributed by atoms with Gasteiger partial charge in [-0.15, -0.1) is 0 Å². The minimum Gasteiger partial charge on any atom is -0.465 e. The Hall–Kier alpha value is -1.65. The van der Waals surface area contributed by atoms with Crippen LogP contribution in [0.5, 0.6) is 0 Å². The van der Waals surface area contributed by atoms with Crippen molar-refractivity contribution in [3.8, 4) is 0 Å². The van der Waals surface area contributed by atoms with E-state index < -0.39 is 17.7 Å². The van der Waals surface area contributed by atoms with Gasteiger partial charge in [0.25, 0.3) is 0 Å². The predicted molar refractivity (Wildman–Crippen MR) is 42.8 cm³/mol. The molecule has 0 heterocycles. The van der Waals surface area contributed by atoms with Crippen LogP contribution in [0.15, 0.2) is 18.2 Å². The van der Waals surface area contributed by atoms with Gasteiger partial charge >= 0.3 is 6.09 Å². The second-order valence-corrected chi connectivity index (χ2v) is 2.44. The smallest absolute Gasteiger partial charge is 0.411 e.